The molecular formula is C16H19N3O5. The van der Waals surface area contributed by atoms with Gasteiger partial charge in [-0.15, -0.1) is 0 Å². The normalized spacial score (nSPS) is 28.5. The minimum Gasteiger partial charge on any atom is -0.459 e. The average molecular weight is 333 g/mol. The van der Waals surface area contributed by atoms with Crippen LogP contribution in [0.3, 0.4) is 0 Å². The number of carbonyl (C=O) groups excluding carboxylic acids is 3. The van der Waals surface area contributed by atoms with Crippen molar-refractivity contribution in [1.29, 1.82) is 0 Å². The number of ether oxygens (including phenoxy) is 1. The van der Waals surface area contributed by atoms with Crippen molar-refractivity contribution in [3.8, 4) is 0 Å². The van der Waals surface area contributed by atoms with Crippen molar-refractivity contribution < 1.29 is 23.5 Å². The third-order valence-electron chi connectivity index (χ3n) is 4.73. The number of amides is 3. The predicted molar refractivity (Wildman–Crippen MR) is 81.4 cm³/mol. The van der Waals surface area contributed by atoms with E-state index in [0.717, 1.165) is 18.4 Å². The average Bonchev–Trinajstić information content (AvgIpc) is 3.07. The lowest BCUT2D eigenvalue weighted by Crippen LogP contribution is -2.56. The van der Waals surface area contributed by atoms with Crippen molar-refractivity contribution >= 4 is 17.9 Å². The fraction of sp³-hybridized carbons (Fsp3) is 0.562. The van der Waals surface area contributed by atoms with E-state index >= 15 is 0 Å². The Labute approximate surface area is 138 Å². The summed E-state index contributed by atoms with van der Waals surface area (Å²) >= 11 is 0. The summed E-state index contributed by atoms with van der Waals surface area (Å²) in [5.74, 6) is 0.434. The molecule has 1 aliphatic heterocycles. The van der Waals surface area contributed by atoms with Gasteiger partial charge in [0.05, 0.1) is 6.26 Å². The summed E-state index contributed by atoms with van der Waals surface area (Å²) in [4.78, 5) is 35.1. The van der Waals surface area contributed by atoms with E-state index in [1.165, 1.54) is 0 Å². The zero-order chi connectivity index (χ0) is 16.7. The second kappa shape index (κ2) is 5.85. The molecule has 1 aromatic heterocycles. The van der Waals surface area contributed by atoms with Crippen LogP contribution in [0.4, 0.5) is 4.79 Å². The predicted octanol–water partition coefficient (Wildman–Crippen LogP) is 0.642. The second-order valence-electron chi connectivity index (χ2n) is 6.62. The third kappa shape index (κ3) is 2.95. The van der Waals surface area contributed by atoms with Crippen molar-refractivity contribution in [2.24, 2.45) is 0 Å². The zero-order valence-electron chi connectivity index (χ0n) is 13.0. The van der Waals surface area contributed by atoms with E-state index in [9.17, 15) is 14.4 Å². The van der Waals surface area contributed by atoms with Gasteiger partial charge < -0.3 is 25.1 Å². The highest BCUT2D eigenvalue weighted by molar-refractivity contribution is 5.93. The van der Waals surface area contributed by atoms with Gasteiger partial charge in [-0.2, -0.15) is 0 Å². The van der Waals surface area contributed by atoms with Gasteiger partial charge in [0.15, 0.2) is 5.76 Å². The Balaban J connectivity index is 1.23. The lowest BCUT2D eigenvalue weighted by Gasteiger charge is -2.36. The third-order valence-corrected chi connectivity index (χ3v) is 4.73. The van der Waals surface area contributed by atoms with Crippen LogP contribution in [0, 0.1) is 0 Å². The molecule has 2 heterocycles. The number of furan rings is 1. The number of carbonyl (C=O) groups is 3. The number of alkyl carbamates (subject to hydrolysis) is 1. The van der Waals surface area contributed by atoms with Crippen LogP contribution < -0.4 is 16.0 Å². The molecule has 3 amide bonds. The molecule has 8 heteroatoms. The van der Waals surface area contributed by atoms with Gasteiger partial charge in [0, 0.05) is 17.6 Å². The minimum atomic E-state index is -0.629. The summed E-state index contributed by atoms with van der Waals surface area (Å²) in [7, 11) is 0. The minimum absolute atomic E-state index is 0.000180. The standard InChI is InChI=1S/C16H19N3O5/c20-14(12-7-24-16(22)19-12)17-9-5-10(6-9)18-15(21)13-11(3-4-23-13)8-1-2-8/h3-4,8-10,12H,1-2,5-7H2,(H,17,20)(H,18,21)(H,19,22). The first-order chi connectivity index (χ1) is 11.6. The molecule has 8 nitrogen and oxygen atoms in total. The topological polar surface area (TPSA) is 110 Å². The molecule has 3 aliphatic rings. The highest BCUT2D eigenvalue weighted by Crippen LogP contribution is 2.42. The number of nitrogens with one attached hydrogen (secondary N) is 3. The fourth-order valence-electron chi connectivity index (χ4n) is 3.15. The van der Waals surface area contributed by atoms with Gasteiger partial charge in [-0.05, 0) is 37.7 Å². The van der Waals surface area contributed by atoms with Gasteiger partial charge in [-0.3, -0.25) is 9.59 Å². The smallest absolute Gasteiger partial charge is 0.407 e. The molecule has 0 bridgehead atoms. The summed E-state index contributed by atoms with van der Waals surface area (Å²) in [6, 6.07) is 1.26. The number of hydrogen-bond acceptors (Lipinski definition) is 5. The second-order valence-corrected chi connectivity index (χ2v) is 6.62. The van der Waals surface area contributed by atoms with Crippen LogP contribution in [-0.4, -0.2) is 42.6 Å². The van der Waals surface area contributed by atoms with Crippen LogP contribution in [0.5, 0.6) is 0 Å². The van der Waals surface area contributed by atoms with E-state index in [1.807, 2.05) is 6.07 Å². The van der Waals surface area contributed by atoms with Crippen molar-refractivity contribution in [2.75, 3.05) is 6.61 Å². The molecule has 2 aliphatic carbocycles. The Bertz CT molecular complexity index is 675. The van der Waals surface area contributed by atoms with Crippen LogP contribution in [0.1, 0.15) is 47.7 Å². The molecule has 24 heavy (non-hydrogen) atoms. The van der Waals surface area contributed by atoms with Gasteiger partial charge in [0.2, 0.25) is 5.91 Å². The van der Waals surface area contributed by atoms with Crippen LogP contribution in [-0.2, 0) is 9.53 Å². The van der Waals surface area contributed by atoms with Crippen molar-refractivity contribution in [2.45, 2.75) is 49.7 Å². The molecule has 3 N–H and O–H groups in total. The summed E-state index contributed by atoms with van der Waals surface area (Å²) in [5, 5.41) is 8.23. The zero-order valence-corrected chi connectivity index (χ0v) is 13.0. The summed E-state index contributed by atoms with van der Waals surface area (Å²) < 4.78 is 10.0. The molecule has 1 atom stereocenters. The van der Waals surface area contributed by atoms with Crippen LogP contribution >= 0.6 is 0 Å². The molecule has 2 saturated carbocycles. The van der Waals surface area contributed by atoms with Crippen molar-refractivity contribution in [3.05, 3.63) is 23.7 Å². The molecule has 0 spiro atoms. The summed E-state index contributed by atoms with van der Waals surface area (Å²) in [6.07, 6.45) is 4.54. The van der Waals surface area contributed by atoms with Crippen molar-refractivity contribution in [1.82, 2.24) is 16.0 Å². The van der Waals surface area contributed by atoms with E-state index < -0.39 is 12.1 Å². The number of hydrogen-bond donors (Lipinski definition) is 3. The number of cyclic esters (lactones) is 1. The molecule has 128 valence electrons. The highest BCUT2D eigenvalue weighted by Gasteiger charge is 2.37. The van der Waals surface area contributed by atoms with Crippen LogP contribution in [0.25, 0.3) is 0 Å². The highest BCUT2D eigenvalue weighted by atomic mass is 16.6. The lowest BCUT2D eigenvalue weighted by molar-refractivity contribution is -0.124. The van der Waals surface area contributed by atoms with Gasteiger partial charge in [-0.1, -0.05) is 0 Å². The van der Waals surface area contributed by atoms with E-state index in [2.05, 4.69) is 16.0 Å². The first-order valence-electron chi connectivity index (χ1n) is 8.22. The number of rotatable bonds is 5. The van der Waals surface area contributed by atoms with E-state index in [0.29, 0.717) is 24.5 Å². The van der Waals surface area contributed by atoms with Gasteiger partial charge in [0.1, 0.15) is 12.6 Å². The Morgan fingerprint density at radius 3 is 2.58 bits per heavy atom. The molecule has 0 radical (unpaired) electrons. The Hall–Kier alpha value is -2.51. The first-order valence-corrected chi connectivity index (χ1v) is 8.22. The molecule has 1 unspecified atom stereocenters. The van der Waals surface area contributed by atoms with Gasteiger partial charge >= 0.3 is 6.09 Å². The maximum Gasteiger partial charge on any atom is 0.407 e. The molecule has 1 aromatic rings. The van der Waals surface area contributed by atoms with E-state index in [-0.39, 0.29) is 30.5 Å². The molecular weight excluding hydrogens is 314 g/mol. The molecule has 1 saturated heterocycles. The van der Waals surface area contributed by atoms with Crippen LogP contribution in [0.15, 0.2) is 16.7 Å². The Morgan fingerprint density at radius 2 is 1.92 bits per heavy atom. The summed E-state index contributed by atoms with van der Waals surface area (Å²) in [5.41, 5.74) is 0.994. The Kier molecular flexibility index (Phi) is 3.66. The maximum absolute atomic E-state index is 12.3. The van der Waals surface area contributed by atoms with E-state index in [4.69, 9.17) is 9.15 Å². The molecule has 3 fully saturated rings. The van der Waals surface area contributed by atoms with Gasteiger partial charge in [0.25, 0.3) is 5.91 Å². The summed E-state index contributed by atoms with van der Waals surface area (Å²) in [6.45, 7) is 0.0555. The fourth-order valence-corrected chi connectivity index (χ4v) is 3.15. The maximum atomic E-state index is 12.3. The Morgan fingerprint density at radius 1 is 1.17 bits per heavy atom. The monoisotopic (exact) mass is 333 g/mol. The van der Waals surface area contributed by atoms with Crippen LogP contribution in [0.2, 0.25) is 0 Å². The van der Waals surface area contributed by atoms with Gasteiger partial charge in [-0.25, -0.2) is 4.79 Å². The van der Waals surface area contributed by atoms with E-state index in [1.54, 1.807) is 6.26 Å². The largest absolute Gasteiger partial charge is 0.459 e. The SMILES string of the molecule is O=C1NC(C(=O)NC2CC(NC(=O)c3occc3C3CC3)C2)CO1. The van der Waals surface area contributed by atoms with Crippen molar-refractivity contribution in [3.63, 3.8) is 0 Å². The quantitative estimate of drug-likeness (QED) is 0.733. The molecule has 4 rings (SSSR count). The lowest BCUT2D eigenvalue weighted by atomic mass is 9.86. The first kappa shape index (κ1) is 15.0. The molecule has 0 aromatic carbocycles.